The van der Waals surface area contributed by atoms with Crippen molar-refractivity contribution >= 4 is 81.8 Å². The summed E-state index contributed by atoms with van der Waals surface area (Å²) in [5.41, 5.74) is 0.441. The number of aliphatic hydroxyl groups excluding tert-OH is 6. The van der Waals surface area contributed by atoms with Gasteiger partial charge in [0.2, 0.25) is 12.6 Å². The number of ether oxygens (including phenoxy) is 12. The van der Waals surface area contributed by atoms with Gasteiger partial charge in [-0.3, -0.25) is 0 Å². The number of aryl methyl sites for hydroxylation is 2. The van der Waals surface area contributed by atoms with Crippen molar-refractivity contribution < 1.29 is 116 Å². The molecule has 5 saturated heterocycles. The summed E-state index contributed by atoms with van der Waals surface area (Å²) in [7, 11) is 1.38. The highest BCUT2D eigenvalue weighted by Gasteiger charge is 2.56. The van der Waals surface area contributed by atoms with E-state index < -0.39 is 152 Å². The monoisotopic (exact) mass is 1380 g/mol. The van der Waals surface area contributed by atoms with Crippen molar-refractivity contribution in [2.75, 3.05) is 13.7 Å². The summed E-state index contributed by atoms with van der Waals surface area (Å²) in [5.74, 6) is 0.237. The Labute approximate surface area is 566 Å². The maximum Gasteiger partial charge on any atom is 0.348 e. The Bertz CT molecular complexity index is 5030. The van der Waals surface area contributed by atoms with E-state index in [4.69, 9.17) is 70.1 Å². The third-order valence-corrected chi connectivity index (χ3v) is 20.0. The van der Waals surface area contributed by atoms with Gasteiger partial charge in [-0.05, 0) is 83.4 Å². The van der Waals surface area contributed by atoms with Crippen LogP contribution >= 0.6 is 0 Å². The fourth-order valence-corrected chi connectivity index (χ4v) is 14.8. The van der Waals surface area contributed by atoms with Gasteiger partial charge in [0, 0.05) is 51.6 Å². The average Bonchev–Trinajstić information content (AvgIpc) is 0.815. The summed E-state index contributed by atoms with van der Waals surface area (Å²) in [6.45, 7) is 14.0. The van der Waals surface area contributed by atoms with Gasteiger partial charge in [-0.2, -0.15) is 0 Å². The number of aromatic hydroxyl groups is 2. The van der Waals surface area contributed by atoms with Crippen LogP contribution in [-0.4, -0.2) is 177 Å². The quantitative estimate of drug-likeness (QED) is 0.0427. The van der Waals surface area contributed by atoms with Crippen LogP contribution in [-0.2, 0) is 42.6 Å². The molecule has 0 radical (unpaired) electrons. The number of phenolic OH excluding ortho intramolecular Hbond substituents is 2. The van der Waals surface area contributed by atoms with Gasteiger partial charge < -0.3 is 116 Å². The molecule has 5 fully saturated rings. The number of aliphatic hydroxyl groups is 6. The maximum absolute atomic E-state index is 13.6. The predicted molar refractivity (Wildman–Crippen MR) is 352 cm³/mol. The van der Waals surface area contributed by atoms with Gasteiger partial charge in [0.15, 0.2) is 29.9 Å². The zero-order valence-electron chi connectivity index (χ0n) is 54.7. The van der Waals surface area contributed by atoms with E-state index in [0.29, 0.717) is 38.4 Å². The van der Waals surface area contributed by atoms with E-state index in [9.17, 15) is 60.3 Å². The lowest BCUT2D eigenvalue weighted by molar-refractivity contribution is -0.490. The van der Waals surface area contributed by atoms with Gasteiger partial charge in [-0.1, -0.05) is 79.4 Å². The SMILES string of the molecule is C=C1Oc2ccc(C)c3c(=O)oc4c5c(O[C@H]6O[C@@H](C)[C@@H]7O[C@@H](c8ccccc8)OC7C6O[C@H]6OC(C)[C@H](O)C([O-])C6O)cccc5c(O)c1c4c23.COC1C(O)C(C)OC(CCOC2C(Oc3cccc4c(O)c5c(=O)oc6ccc(C)c7c(=O)oc(c34)c5c67)OC(C)C(O)C2O)C1O. The van der Waals surface area contributed by atoms with Gasteiger partial charge >= 0.3 is 16.9 Å². The highest BCUT2D eigenvalue weighted by molar-refractivity contribution is 6.29. The van der Waals surface area contributed by atoms with Gasteiger partial charge in [-0.25, -0.2) is 14.4 Å². The van der Waals surface area contributed by atoms with E-state index in [1.165, 1.54) is 20.1 Å². The van der Waals surface area contributed by atoms with E-state index in [-0.39, 0.29) is 96.1 Å². The first-order valence-electron chi connectivity index (χ1n) is 32.7. The molecule has 15 unspecified atom stereocenters. The highest BCUT2D eigenvalue weighted by Crippen LogP contribution is 2.52. The normalized spacial score (nSPS) is 32.1. The van der Waals surface area contributed by atoms with Crippen molar-refractivity contribution in [3.05, 3.63) is 151 Å². The van der Waals surface area contributed by atoms with Crippen molar-refractivity contribution in [3.63, 3.8) is 0 Å². The fraction of sp³-hybridized carbons (Fsp3) is 0.411. The molecule has 0 aliphatic carbocycles. The number of fused-ring (bicyclic) bond motifs is 5. The second-order valence-electron chi connectivity index (χ2n) is 26.2. The molecule has 9 heterocycles. The van der Waals surface area contributed by atoms with Crippen LogP contribution in [0.3, 0.4) is 0 Å². The maximum atomic E-state index is 13.6. The molecule has 0 amide bonds. The summed E-state index contributed by atoms with van der Waals surface area (Å²) in [6.07, 6.45) is -23.4. The van der Waals surface area contributed by atoms with E-state index in [0.717, 1.165) is 5.56 Å². The van der Waals surface area contributed by atoms with E-state index in [1.54, 1.807) is 89.2 Å². The molecule has 100 heavy (non-hydrogen) atoms. The van der Waals surface area contributed by atoms with Crippen LogP contribution in [0.2, 0.25) is 0 Å². The van der Waals surface area contributed by atoms with Crippen LogP contribution in [0, 0.1) is 13.8 Å². The lowest BCUT2D eigenvalue weighted by atomic mass is 9.92. The molecule has 0 saturated carbocycles. The molecule has 27 heteroatoms. The zero-order chi connectivity index (χ0) is 70.3. The summed E-state index contributed by atoms with van der Waals surface area (Å²) >= 11 is 0. The highest BCUT2D eigenvalue weighted by atomic mass is 16.8. The third kappa shape index (κ3) is 10.9. The molecule has 21 atom stereocenters. The summed E-state index contributed by atoms with van der Waals surface area (Å²) in [4.78, 5) is 40.1. The second-order valence-corrected chi connectivity index (χ2v) is 26.2. The van der Waals surface area contributed by atoms with E-state index in [1.807, 2.05) is 30.3 Å². The van der Waals surface area contributed by atoms with Crippen molar-refractivity contribution in [1.82, 2.24) is 0 Å². The molecule has 6 aliphatic heterocycles. The molecule has 6 aliphatic rings. The second kappa shape index (κ2) is 25.9. The van der Waals surface area contributed by atoms with Crippen LogP contribution in [0.25, 0.3) is 81.8 Å². The predicted octanol–water partition coefficient (Wildman–Crippen LogP) is 5.47. The third-order valence-electron chi connectivity index (χ3n) is 20.0. The molecule has 526 valence electrons. The molecule has 7 aromatic carbocycles. The minimum atomic E-state index is -1.81. The standard InChI is InChI=1S/C39H35O13.C34H36O14/c1-15-13-14-22-26-23(15)36(44)49-33-25-20(29(41)24(27(26)33)16(2)45-22)11-8-12-21(25)48-39-35(52-38-31(43)30(42)28(40)17(3)46-38)34-32(18(4)47-39)50-37(51-34)19-9-6-5-7-10-19;1-12-8-9-17-21-19(12)32(40)48-29-20-15(26(37)23(22(21)29)33(41)46-17)6-5-7-16(20)47-34-31(28(39)24(35)13(2)45-34)43-11-10-18-27(38)30(42-4)25(36)14(3)44-18/h5-14,17-18,28,30-32,34-35,37-41,43H,2H2,1,3-4H3;5-9,13-14,18,24-25,27-28,30-31,34-39H,10-11H2,1-4H3/q-1;/t17?,18-,28-,30?,31?,32-,34?,35?,37+,38+,39+;/m0./s1. The minimum absolute atomic E-state index is 0.0243. The zero-order valence-corrected chi connectivity index (χ0v) is 54.7. The minimum Gasteiger partial charge on any atom is -0.848 e. The Morgan fingerprint density at radius 3 is 1.76 bits per heavy atom. The Morgan fingerprint density at radius 2 is 1.08 bits per heavy atom. The largest absolute Gasteiger partial charge is 0.848 e. The lowest BCUT2D eigenvalue weighted by Gasteiger charge is -2.48. The first-order chi connectivity index (χ1) is 47.9. The molecular weight excluding hydrogens is 1310 g/mol. The van der Waals surface area contributed by atoms with Crippen molar-refractivity contribution in [1.29, 1.82) is 0 Å². The van der Waals surface area contributed by atoms with Crippen LogP contribution in [0.15, 0.2) is 125 Å². The first kappa shape index (κ1) is 67.4. The topological polar surface area (TPSA) is 386 Å². The fourth-order valence-electron chi connectivity index (χ4n) is 14.8. The molecule has 10 aromatic rings. The van der Waals surface area contributed by atoms with Crippen molar-refractivity contribution in [3.8, 4) is 28.7 Å². The smallest absolute Gasteiger partial charge is 0.348 e. The Kier molecular flexibility index (Phi) is 17.4. The van der Waals surface area contributed by atoms with Gasteiger partial charge in [0.1, 0.15) is 94.3 Å². The molecule has 27 nitrogen and oxygen atoms in total. The molecule has 8 N–H and O–H groups in total. The lowest BCUT2D eigenvalue weighted by Crippen LogP contribution is -2.65. The molecule has 0 spiro atoms. The number of rotatable bonds is 12. The van der Waals surface area contributed by atoms with Crippen LogP contribution in [0.5, 0.6) is 28.7 Å². The Hall–Kier alpha value is -8.43. The number of hydrogen-bond donors (Lipinski definition) is 8. The molecule has 0 bridgehead atoms. The van der Waals surface area contributed by atoms with Gasteiger partial charge in [-0.15, -0.1) is 0 Å². The van der Waals surface area contributed by atoms with Gasteiger partial charge in [0.05, 0.1) is 69.8 Å². The average molecular weight is 1380 g/mol. The van der Waals surface area contributed by atoms with Crippen LogP contribution in [0.1, 0.15) is 62.7 Å². The van der Waals surface area contributed by atoms with E-state index in [2.05, 4.69) is 6.58 Å². The Balaban J connectivity index is 0.000000163. The first-order valence-corrected chi connectivity index (χ1v) is 32.7. The van der Waals surface area contributed by atoms with Gasteiger partial charge in [0.25, 0.3) is 0 Å². The summed E-state index contributed by atoms with van der Waals surface area (Å²) in [5, 5.41) is 103. The van der Waals surface area contributed by atoms with E-state index >= 15 is 0 Å². The van der Waals surface area contributed by atoms with Crippen molar-refractivity contribution in [2.45, 2.75) is 177 Å². The molecule has 16 rings (SSSR count). The number of hydrogen-bond acceptors (Lipinski definition) is 27. The molecule has 3 aromatic heterocycles. The summed E-state index contributed by atoms with van der Waals surface area (Å²) < 4.78 is 90.7. The number of benzene rings is 7. The number of phenols is 2. The van der Waals surface area contributed by atoms with Crippen LogP contribution < -0.4 is 36.2 Å². The molecular formula is C73H71O27-. The van der Waals surface area contributed by atoms with Crippen LogP contribution in [0.4, 0.5) is 0 Å². The Morgan fingerprint density at radius 1 is 0.500 bits per heavy atom. The summed E-state index contributed by atoms with van der Waals surface area (Å²) in [6, 6.07) is 25.6. The van der Waals surface area contributed by atoms with Crippen molar-refractivity contribution in [2.24, 2.45) is 0 Å². The number of methoxy groups -OCH3 is 1.